The van der Waals surface area contributed by atoms with E-state index in [1.165, 1.54) is 13.2 Å². The lowest BCUT2D eigenvalue weighted by Gasteiger charge is -2.15. The topological polar surface area (TPSA) is 54.9 Å². The monoisotopic (exact) mass is 515 g/mol. The number of hydrogen-bond donors (Lipinski definition) is 2. The van der Waals surface area contributed by atoms with Gasteiger partial charge in [0.05, 0.1) is 7.11 Å². The average molecular weight is 515 g/mol. The Morgan fingerprint density at radius 3 is 2.37 bits per heavy atom. The first-order valence-corrected chi connectivity index (χ1v) is 8.67. The molecule has 1 heterocycles. The van der Waals surface area contributed by atoms with Crippen molar-refractivity contribution >= 4 is 41.3 Å². The first-order valence-electron chi connectivity index (χ1n) is 7.73. The molecule has 0 aliphatic carbocycles. The minimum absolute atomic E-state index is 0. The van der Waals surface area contributed by atoms with Crippen LogP contribution in [0.5, 0.6) is 11.5 Å². The van der Waals surface area contributed by atoms with Crippen LogP contribution in [0, 0.1) is 0 Å². The van der Waals surface area contributed by atoms with Gasteiger partial charge < -0.3 is 20.1 Å². The molecule has 5 nitrogen and oxygen atoms in total. The molecular formula is C17H21F3IN3O2S. The fourth-order valence-electron chi connectivity index (χ4n) is 2.09. The van der Waals surface area contributed by atoms with Crippen molar-refractivity contribution in [1.82, 2.24) is 10.6 Å². The third-order valence-electron chi connectivity index (χ3n) is 3.34. The van der Waals surface area contributed by atoms with Crippen molar-refractivity contribution in [2.75, 3.05) is 20.8 Å². The van der Waals surface area contributed by atoms with Gasteiger partial charge in [0.25, 0.3) is 0 Å². The van der Waals surface area contributed by atoms with Crippen LogP contribution in [-0.4, -0.2) is 32.9 Å². The van der Waals surface area contributed by atoms with Crippen molar-refractivity contribution in [1.29, 1.82) is 0 Å². The molecule has 27 heavy (non-hydrogen) atoms. The highest BCUT2D eigenvalue weighted by Gasteiger charge is 2.29. The summed E-state index contributed by atoms with van der Waals surface area (Å²) in [4.78, 5) is 4.14. The molecule has 10 heteroatoms. The summed E-state index contributed by atoms with van der Waals surface area (Å²) in [6.07, 6.45) is -4.40. The smallest absolute Gasteiger partial charge is 0.422 e. The largest absolute Gasteiger partial charge is 0.493 e. The van der Waals surface area contributed by atoms with Crippen LogP contribution in [-0.2, 0) is 13.1 Å². The second kappa shape index (κ2) is 11.2. The molecule has 0 unspecified atom stereocenters. The van der Waals surface area contributed by atoms with Gasteiger partial charge in [0.15, 0.2) is 24.1 Å². The van der Waals surface area contributed by atoms with E-state index in [1.54, 1.807) is 30.5 Å². The van der Waals surface area contributed by atoms with Gasteiger partial charge in [-0.15, -0.1) is 24.0 Å². The molecule has 0 amide bonds. The van der Waals surface area contributed by atoms with Crippen molar-refractivity contribution in [3.63, 3.8) is 0 Å². The molecule has 1 aromatic heterocycles. The van der Waals surface area contributed by atoms with Crippen LogP contribution in [0.15, 0.2) is 40.0 Å². The number of ether oxygens (including phenoxy) is 2. The minimum atomic E-state index is -4.40. The Labute approximate surface area is 177 Å². The van der Waals surface area contributed by atoms with E-state index in [9.17, 15) is 13.2 Å². The normalized spacial score (nSPS) is 11.5. The number of nitrogens with one attached hydrogen (secondary N) is 2. The van der Waals surface area contributed by atoms with E-state index in [-0.39, 0.29) is 35.5 Å². The highest BCUT2D eigenvalue weighted by molar-refractivity contribution is 14.0. The summed E-state index contributed by atoms with van der Waals surface area (Å²) in [6, 6.07) is 6.79. The average Bonchev–Trinajstić information content (AvgIpc) is 3.13. The standard InChI is InChI=1S/C17H20F3N3O2S.HI/c1-21-16(23-9-13-5-6-26-10-13)22-8-12-3-4-14(15(7-12)24-2)25-11-17(18,19)20;/h3-7,10H,8-9,11H2,1-2H3,(H2,21,22,23);1H. The summed E-state index contributed by atoms with van der Waals surface area (Å²) in [6.45, 7) is -0.282. The number of thiophene rings is 1. The van der Waals surface area contributed by atoms with E-state index in [0.29, 0.717) is 19.0 Å². The van der Waals surface area contributed by atoms with E-state index < -0.39 is 12.8 Å². The second-order valence-electron chi connectivity index (χ2n) is 5.30. The highest BCUT2D eigenvalue weighted by Crippen LogP contribution is 2.29. The van der Waals surface area contributed by atoms with E-state index >= 15 is 0 Å². The second-order valence-corrected chi connectivity index (χ2v) is 6.08. The zero-order valence-electron chi connectivity index (χ0n) is 14.8. The molecule has 0 bridgehead atoms. The van der Waals surface area contributed by atoms with E-state index in [1.807, 2.05) is 16.8 Å². The maximum atomic E-state index is 12.3. The molecular weight excluding hydrogens is 494 g/mol. The van der Waals surface area contributed by atoms with Crippen LogP contribution in [0.1, 0.15) is 11.1 Å². The Morgan fingerprint density at radius 1 is 1.11 bits per heavy atom. The van der Waals surface area contributed by atoms with Crippen LogP contribution in [0.2, 0.25) is 0 Å². The lowest BCUT2D eigenvalue weighted by molar-refractivity contribution is -0.153. The molecule has 2 aromatic rings. The number of aliphatic imine (C=N–C) groups is 1. The Morgan fingerprint density at radius 2 is 1.81 bits per heavy atom. The third kappa shape index (κ3) is 8.24. The number of methoxy groups -OCH3 is 1. The van der Waals surface area contributed by atoms with Crippen LogP contribution in [0.4, 0.5) is 13.2 Å². The van der Waals surface area contributed by atoms with E-state index in [2.05, 4.69) is 15.6 Å². The quantitative estimate of drug-likeness (QED) is 0.330. The summed E-state index contributed by atoms with van der Waals surface area (Å²) in [7, 11) is 3.05. The molecule has 0 aliphatic rings. The van der Waals surface area contributed by atoms with Crippen LogP contribution < -0.4 is 20.1 Å². The van der Waals surface area contributed by atoms with Crippen molar-refractivity contribution in [3.05, 3.63) is 46.2 Å². The molecule has 0 aliphatic heterocycles. The number of guanidine groups is 1. The lowest BCUT2D eigenvalue weighted by atomic mass is 10.2. The number of alkyl halides is 3. The van der Waals surface area contributed by atoms with Gasteiger partial charge in [0.2, 0.25) is 0 Å². The fraction of sp³-hybridized carbons (Fsp3) is 0.353. The van der Waals surface area contributed by atoms with Gasteiger partial charge in [0, 0.05) is 20.1 Å². The van der Waals surface area contributed by atoms with Crippen LogP contribution >= 0.6 is 35.3 Å². The SMILES string of the molecule is CN=C(NCc1ccsc1)NCc1ccc(OCC(F)(F)F)c(OC)c1.I. The lowest BCUT2D eigenvalue weighted by Crippen LogP contribution is -2.36. The van der Waals surface area contributed by atoms with E-state index in [0.717, 1.165) is 11.1 Å². The van der Waals surface area contributed by atoms with Crippen molar-refractivity contribution in [2.24, 2.45) is 4.99 Å². The maximum absolute atomic E-state index is 12.3. The number of benzene rings is 1. The van der Waals surface area contributed by atoms with Gasteiger partial charge in [-0.3, -0.25) is 4.99 Å². The zero-order valence-corrected chi connectivity index (χ0v) is 17.9. The molecule has 1 aromatic carbocycles. The van der Waals surface area contributed by atoms with Crippen LogP contribution in [0.25, 0.3) is 0 Å². The predicted molar refractivity (Wildman–Crippen MR) is 111 cm³/mol. The Kier molecular flexibility index (Phi) is 9.70. The fourth-order valence-corrected chi connectivity index (χ4v) is 2.75. The Hall–Kier alpha value is -1.69. The van der Waals surface area contributed by atoms with Crippen LogP contribution in [0.3, 0.4) is 0 Å². The molecule has 0 fully saturated rings. The number of rotatable bonds is 7. The zero-order chi connectivity index (χ0) is 19.0. The highest BCUT2D eigenvalue weighted by atomic mass is 127. The molecule has 0 spiro atoms. The predicted octanol–water partition coefficient (Wildman–Crippen LogP) is 4.18. The molecule has 0 radical (unpaired) electrons. The van der Waals surface area contributed by atoms with Crippen molar-refractivity contribution < 1.29 is 22.6 Å². The van der Waals surface area contributed by atoms with Gasteiger partial charge >= 0.3 is 6.18 Å². The van der Waals surface area contributed by atoms with Gasteiger partial charge in [0.1, 0.15) is 0 Å². The maximum Gasteiger partial charge on any atom is 0.422 e. The molecule has 150 valence electrons. The molecule has 2 rings (SSSR count). The molecule has 0 saturated heterocycles. The van der Waals surface area contributed by atoms with Crippen molar-refractivity contribution in [2.45, 2.75) is 19.3 Å². The molecule has 0 atom stereocenters. The summed E-state index contributed by atoms with van der Waals surface area (Å²) in [5.74, 6) is 0.913. The number of hydrogen-bond acceptors (Lipinski definition) is 4. The minimum Gasteiger partial charge on any atom is -0.493 e. The van der Waals surface area contributed by atoms with E-state index in [4.69, 9.17) is 9.47 Å². The summed E-state index contributed by atoms with van der Waals surface area (Å²) < 4.78 is 46.7. The van der Waals surface area contributed by atoms with Gasteiger partial charge in [-0.05, 0) is 40.1 Å². The first kappa shape index (κ1) is 23.3. The summed E-state index contributed by atoms with van der Waals surface area (Å²) >= 11 is 1.62. The Bertz CT molecular complexity index is 725. The summed E-state index contributed by atoms with van der Waals surface area (Å²) in [5, 5.41) is 10.4. The van der Waals surface area contributed by atoms with Gasteiger partial charge in [-0.25, -0.2) is 0 Å². The van der Waals surface area contributed by atoms with Crippen molar-refractivity contribution in [3.8, 4) is 11.5 Å². The number of halogens is 4. The van der Waals surface area contributed by atoms with Gasteiger partial charge in [-0.2, -0.15) is 24.5 Å². The third-order valence-corrected chi connectivity index (χ3v) is 4.08. The molecule has 0 saturated carbocycles. The molecule has 2 N–H and O–H groups in total. The first-order chi connectivity index (χ1) is 12.4. The van der Waals surface area contributed by atoms with Gasteiger partial charge in [-0.1, -0.05) is 6.07 Å². The summed E-state index contributed by atoms with van der Waals surface area (Å²) in [5.41, 5.74) is 1.98. The Balaban J connectivity index is 0.00000364. The number of nitrogens with zero attached hydrogens (tertiary/aromatic N) is 1.